The van der Waals surface area contributed by atoms with E-state index in [0.29, 0.717) is 16.8 Å². The molecule has 0 spiro atoms. The summed E-state index contributed by atoms with van der Waals surface area (Å²) < 4.78 is 41.3. The molecule has 0 saturated carbocycles. The Bertz CT molecular complexity index is 699. The Labute approximate surface area is 124 Å². The molecule has 22 heavy (non-hydrogen) atoms. The van der Waals surface area contributed by atoms with Gasteiger partial charge in [0.1, 0.15) is 5.75 Å². The van der Waals surface area contributed by atoms with Crippen molar-refractivity contribution in [3.8, 4) is 5.75 Å². The molecule has 1 heterocycles. The molecule has 0 radical (unpaired) electrons. The molecule has 0 bridgehead atoms. The molecule has 1 aromatic heterocycles. The van der Waals surface area contributed by atoms with E-state index in [1.165, 1.54) is 24.4 Å². The van der Waals surface area contributed by atoms with E-state index in [2.05, 4.69) is 9.72 Å². The van der Waals surface area contributed by atoms with Gasteiger partial charge in [-0.2, -0.15) is 0 Å². The molecular weight excluding hydrogens is 297 g/mol. The molecule has 4 nitrogen and oxygen atoms in total. The van der Waals surface area contributed by atoms with Gasteiger partial charge < -0.3 is 10.5 Å². The number of benzene rings is 1. The topological polar surface area (TPSA) is 65.2 Å². The lowest BCUT2D eigenvalue weighted by Crippen LogP contribution is -2.19. The number of rotatable bonds is 4. The number of nitrogens with two attached hydrogens (primary N) is 1. The summed E-state index contributed by atoms with van der Waals surface area (Å²) in [4.78, 5) is 15.5. The highest BCUT2D eigenvalue weighted by molar-refractivity contribution is 5.95. The fourth-order valence-corrected chi connectivity index (χ4v) is 2.18. The van der Waals surface area contributed by atoms with Crippen molar-refractivity contribution in [3.05, 3.63) is 58.9 Å². The zero-order valence-corrected chi connectivity index (χ0v) is 11.6. The van der Waals surface area contributed by atoms with Gasteiger partial charge in [0.2, 0.25) is 0 Å². The molecule has 1 aromatic carbocycles. The Hall–Kier alpha value is -2.57. The van der Waals surface area contributed by atoms with Gasteiger partial charge in [-0.3, -0.25) is 9.78 Å². The Balaban J connectivity index is 2.40. The smallest absolute Gasteiger partial charge is 0.405 e. The normalized spacial score (nSPS) is 11.3. The molecule has 0 aliphatic carbocycles. The van der Waals surface area contributed by atoms with Gasteiger partial charge in [-0.15, -0.1) is 13.2 Å². The summed E-state index contributed by atoms with van der Waals surface area (Å²) in [6, 6.07) is 7.31. The maximum Gasteiger partial charge on any atom is 0.573 e. The number of alkyl halides is 3. The van der Waals surface area contributed by atoms with Crippen LogP contribution in [0.1, 0.15) is 27.2 Å². The van der Waals surface area contributed by atoms with Crippen LogP contribution in [0.4, 0.5) is 13.2 Å². The summed E-state index contributed by atoms with van der Waals surface area (Å²) in [5, 5.41) is 0. The van der Waals surface area contributed by atoms with Crippen LogP contribution in [0.25, 0.3) is 0 Å². The first kappa shape index (κ1) is 15.8. The number of carbonyl (C=O) groups excluding carboxylic acids is 1. The molecule has 0 saturated heterocycles. The lowest BCUT2D eigenvalue weighted by Gasteiger charge is -2.14. The second-order valence-corrected chi connectivity index (χ2v) is 4.63. The van der Waals surface area contributed by atoms with Gasteiger partial charge in [-0.05, 0) is 30.2 Å². The lowest BCUT2D eigenvalue weighted by molar-refractivity contribution is -0.274. The average Bonchev–Trinajstić information content (AvgIpc) is 2.39. The van der Waals surface area contributed by atoms with Crippen LogP contribution in [0.5, 0.6) is 5.75 Å². The SMILES string of the molecule is Cc1nccc(Cc2ccccc2OC(F)(F)F)c1C(N)=O. The van der Waals surface area contributed by atoms with Crippen molar-refractivity contribution in [2.75, 3.05) is 0 Å². The molecule has 2 aromatic rings. The number of aryl methyl sites for hydroxylation is 1. The van der Waals surface area contributed by atoms with E-state index in [1.807, 2.05) is 0 Å². The largest absolute Gasteiger partial charge is 0.573 e. The standard InChI is InChI=1S/C15H13F3N2O2/c1-9-13(14(19)21)11(6-7-20-9)8-10-4-2-3-5-12(10)22-15(16,17)18/h2-7H,8H2,1H3,(H2,19,21). The fourth-order valence-electron chi connectivity index (χ4n) is 2.18. The minimum absolute atomic E-state index is 0.0773. The van der Waals surface area contributed by atoms with E-state index < -0.39 is 12.3 Å². The van der Waals surface area contributed by atoms with E-state index in [0.717, 1.165) is 0 Å². The van der Waals surface area contributed by atoms with Gasteiger partial charge >= 0.3 is 6.36 Å². The highest BCUT2D eigenvalue weighted by atomic mass is 19.4. The number of amides is 1. The third-order valence-electron chi connectivity index (χ3n) is 3.05. The van der Waals surface area contributed by atoms with Crippen LogP contribution in [0, 0.1) is 6.92 Å². The number of nitrogens with zero attached hydrogens (tertiary/aromatic N) is 1. The highest BCUT2D eigenvalue weighted by Crippen LogP contribution is 2.28. The Morgan fingerprint density at radius 2 is 1.91 bits per heavy atom. The minimum atomic E-state index is -4.78. The van der Waals surface area contributed by atoms with Crippen molar-refractivity contribution in [2.45, 2.75) is 19.7 Å². The summed E-state index contributed by atoms with van der Waals surface area (Å²) >= 11 is 0. The molecule has 2 N–H and O–H groups in total. The first-order valence-corrected chi connectivity index (χ1v) is 6.36. The van der Waals surface area contributed by atoms with E-state index in [4.69, 9.17) is 5.73 Å². The first-order valence-electron chi connectivity index (χ1n) is 6.36. The zero-order valence-electron chi connectivity index (χ0n) is 11.6. The summed E-state index contributed by atoms with van der Waals surface area (Å²) in [6.45, 7) is 1.61. The number of hydrogen-bond donors (Lipinski definition) is 1. The number of carbonyl (C=O) groups is 1. The molecule has 0 unspecified atom stereocenters. The van der Waals surface area contributed by atoms with Crippen molar-refractivity contribution in [2.24, 2.45) is 5.73 Å². The van der Waals surface area contributed by atoms with Crippen LogP contribution in [-0.2, 0) is 6.42 Å². The van der Waals surface area contributed by atoms with Gasteiger partial charge in [-0.25, -0.2) is 0 Å². The Kier molecular flexibility index (Phi) is 4.35. The maximum atomic E-state index is 12.4. The summed E-state index contributed by atoms with van der Waals surface area (Å²) in [5.74, 6) is -0.977. The fraction of sp³-hybridized carbons (Fsp3) is 0.200. The maximum absolute atomic E-state index is 12.4. The lowest BCUT2D eigenvalue weighted by atomic mass is 9.98. The zero-order chi connectivity index (χ0) is 16.3. The van der Waals surface area contributed by atoms with Crippen LogP contribution in [0.2, 0.25) is 0 Å². The van der Waals surface area contributed by atoms with Crippen LogP contribution >= 0.6 is 0 Å². The van der Waals surface area contributed by atoms with Gasteiger partial charge in [-0.1, -0.05) is 18.2 Å². The Morgan fingerprint density at radius 1 is 1.23 bits per heavy atom. The molecule has 0 aliphatic rings. The minimum Gasteiger partial charge on any atom is -0.405 e. The number of primary amides is 1. The number of halogens is 3. The number of ether oxygens (including phenoxy) is 1. The summed E-state index contributed by atoms with van der Waals surface area (Å²) in [7, 11) is 0. The number of hydrogen-bond acceptors (Lipinski definition) is 3. The highest BCUT2D eigenvalue weighted by Gasteiger charge is 2.32. The summed E-state index contributed by atoms with van der Waals surface area (Å²) in [5.41, 5.74) is 6.76. The van der Waals surface area contributed by atoms with Crippen LogP contribution < -0.4 is 10.5 Å². The second-order valence-electron chi connectivity index (χ2n) is 4.63. The first-order chi connectivity index (χ1) is 10.3. The number of para-hydroxylation sites is 1. The van der Waals surface area contributed by atoms with E-state index >= 15 is 0 Å². The average molecular weight is 310 g/mol. The Morgan fingerprint density at radius 3 is 2.55 bits per heavy atom. The van der Waals surface area contributed by atoms with E-state index in [9.17, 15) is 18.0 Å². The third kappa shape index (κ3) is 3.75. The molecule has 0 aliphatic heterocycles. The third-order valence-corrected chi connectivity index (χ3v) is 3.05. The van der Waals surface area contributed by atoms with Crippen molar-refractivity contribution in [1.29, 1.82) is 0 Å². The van der Waals surface area contributed by atoms with Gasteiger partial charge in [0, 0.05) is 12.6 Å². The van der Waals surface area contributed by atoms with E-state index in [-0.39, 0.29) is 17.7 Å². The molecule has 0 fully saturated rings. The van der Waals surface area contributed by atoms with Gasteiger partial charge in [0.15, 0.2) is 0 Å². The molecular formula is C15H13F3N2O2. The van der Waals surface area contributed by atoms with Gasteiger partial charge in [0.05, 0.1) is 11.3 Å². The predicted octanol–water partition coefficient (Wildman–Crippen LogP) is 2.98. The van der Waals surface area contributed by atoms with Crippen molar-refractivity contribution < 1.29 is 22.7 Å². The van der Waals surface area contributed by atoms with Crippen LogP contribution in [0.3, 0.4) is 0 Å². The van der Waals surface area contributed by atoms with Gasteiger partial charge in [0.25, 0.3) is 5.91 Å². The van der Waals surface area contributed by atoms with Crippen molar-refractivity contribution in [3.63, 3.8) is 0 Å². The summed E-state index contributed by atoms with van der Waals surface area (Å²) in [6.07, 6.45) is -3.23. The molecule has 1 amide bonds. The van der Waals surface area contributed by atoms with Crippen molar-refractivity contribution in [1.82, 2.24) is 4.98 Å². The molecule has 2 rings (SSSR count). The quantitative estimate of drug-likeness (QED) is 0.944. The van der Waals surface area contributed by atoms with Crippen LogP contribution in [0.15, 0.2) is 36.5 Å². The van der Waals surface area contributed by atoms with E-state index in [1.54, 1.807) is 19.1 Å². The molecule has 0 atom stereocenters. The monoisotopic (exact) mass is 310 g/mol. The molecule has 116 valence electrons. The number of aromatic nitrogens is 1. The number of pyridine rings is 1. The molecule has 7 heteroatoms. The second kappa shape index (κ2) is 6.05. The predicted molar refractivity (Wildman–Crippen MR) is 73.4 cm³/mol. The van der Waals surface area contributed by atoms with Crippen molar-refractivity contribution >= 4 is 5.91 Å². The van der Waals surface area contributed by atoms with Crippen LogP contribution in [-0.4, -0.2) is 17.3 Å².